The number of benzene rings is 1. The highest BCUT2D eigenvalue weighted by molar-refractivity contribution is 5.37. The monoisotopic (exact) mass is 276 g/mol. The molecule has 1 fully saturated rings. The molecule has 1 saturated heterocycles. The lowest BCUT2D eigenvalue weighted by Crippen LogP contribution is -2.38. The fourth-order valence-corrected chi connectivity index (χ4v) is 3.22. The van der Waals surface area contributed by atoms with Crippen LogP contribution in [0.1, 0.15) is 43.7 Å². The van der Waals surface area contributed by atoms with Crippen molar-refractivity contribution in [3.8, 4) is 5.75 Å². The largest absolute Gasteiger partial charge is 0.496 e. The molecule has 1 unspecified atom stereocenters. The van der Waals surface area contributed by atoms with Gasteiger partial charge in [0, 0.05) is 24.7 Å². The summed E-state index contributed by atoms with van der Waals surface area (Å²) in [6.45, 7) is 5.45. The molecule has 0 bridgehead atoms. The molecule has 112 valence electrons. The van der Waals surface area contributed by atoms with Crippen molar-refractivity contribution in [1.29, 1.82) is 0 Å². The standard InChI is InChI=1S/C17H28N2O/c1-4-16-7-5-6-10-19(16)13-15-11-14(12-18-2)8-9-17(15)20-3/h8-9,11,16,18H,4-7,10,12-13H2,1-3H3. The molecular formula is C17H28N2O. The number of rotatable bonds is 6. The molecule has 0 saturated carbocycles. The fraction of sp³-hybridized carbons (Fsp3) is 0.647. The molecule has 1 aromatic carbocycles. The van der Waals surface area contributed by atoms with Crippen LogP contribution in [0.2, 0.25) is 0 Å². The smallest absolute Gasteiger partial charge is 0.123 e. The fourth-order valence-electron chi connectivity index (χ4n) is 3.22. The number of piperidine rings is 1. The van der Waals surface area contributed by atoms with E-state index in [1.165, 1.54) is 43.4 Å². The molecule has 1 aromatic rings. The summed E-state index contributed by atoms with van der Waals surface area (Å²) in [5, 5.41) is 3.22. The first-order chi connectivity index (χ1) is 9.78. The third kappa shape index (κ3) is 3.74. The maximum Gasteiger partial charge on any atom is 0.123 e. The molecule has 1 aliphatic rings. The zero-order valence-corrected chi connectivity index (χ0v) is 13.1. The predicted molar refractivity (Wildman–Crippen MR) is 84.1 cm³/mol. The highest BCUT2D eigenvalue weighted by Gasteiger charge is 2.21. The molecule has 0 radical (unpaired) electrons. The van der Waals surface area contributed by atoms with Gasteiger partial charge in [-0.3, -0.25) is 4.90 Å². The van der Waals surface area contributed by atoms with Crippen molar-refractivity contribution in [2.75, 3.05) is 20.7 Å². The van der Waals surface area contributed by atoms with Crippen LogP contribution in [-0.2, 0) is 13.1 Å². The SMILES string of the molecule is CCC1CCCCN1Cc1cc(CNC)ccc1OC. The molecular weight excluding hydrogens is 248 g/mol. The summed E-state index contributed by atoms with van der Waals surface area (Å²) < 4.78 is 5.54. The quantitative estimate of drug-likeness (QED) is 0.863. The van der Waals surface area contributed by atoms with Gasteiger partial charge in [-0.15, -0.1) is 0 Å². The summed E-state index contributed by atoms with van der Waals surface area (Å²) in [6.07, 6.45) is 5.30. The van der Waals surface area contributed by atoms with Gasteiger partial charge in [0.1, 0.15) is 5.75 Å². The Morgan fingerprint density at radius 2 is 2.20 bits per heavy atom. The molecule has 1 heterocycles. The van der Waals surface area contributed by atoms with E-state index in [-0.39, 0.29) is 0 Å². The lowest BCUT2D eigenvalue weighted by atomic mass is 9.98. The summed E-state index contributed by atoms with van der Waals surface area (Å²) in [7, 11) is 3.76. The van der Waals surface area contributed by atoms with Crippen molar-refractivity contribution in [1.82, 2.24) is 10.2 Å². The van der Waals surface area contributed by atoms with Gasteiger partial charge in [0.2, 0.25) is 0 Å². The minimum absolute atomic E-state index is 0.737. The van der Waals surface area contributed by atoms with E-state index in [0.29, 0.717) is 0 Å². The van der Waals surface area contributed by atoms with Gasteiger partial charge in [0.15, 0.2) is 0 Å². The van der Waals surface area contributed by atoms with Crippen molar-refractivity contribution in [2.45, 2.75) is 51.7 Å². The number of ether oxygens (including phenoxy) is 1. The number of nitrogens with one attached hydrogen (secondary N) is 1. The summed E-state index contributed by atoms with van der Waals surface area (Å²) in [5.74, 6) is 1.02. The van der Waals surface area contributed by atoms with Gasteiger partial charge in [-0.05, 0) is 50.6 Å². The minimum Gasteiger partial charge on any atom is -0.496 e. The number of likely N-dealkylation sites (tertiary alicyclic amines) is 1. The highest BCUT2D eigenvalue weighted by Crippen LogP contribution is 2.26. The highest BCUT2D eigenvalue weighted by atomic mass is 16.5. The van der Waals surface area contributed by atoms with Crippen LogP contribution in [-0.4, -0.2) is 31.6 Å². The maximum atomic E-state index is 5.54. The van der Waals surface area contributed by atoms with Crippen LogP contribution in [0.3, 0.4) is 0 Å². The van der Waals surface area contributed by atoms with E-state index in [4.69, 9.17) is 4.74 Å². The maximum absolute atomic E-state index is 5.54. The average molecular weight is 276 g/mol. The Morgan fingerprint density at radius 1 is 1.35 bits per heavy atom. The summed E-state index contributed by atoms with van der Waals surface area (Å²) in [4.78, 5) is 2.63. The topological polar surface area (TPSA) is 24.5 Å². The number of hydrogen-bond acceptors (Lipinski definition) is 3. The first-order valence-corrected chi connectivity index (χ1v) is 7.83. The van der Waals surface area contributed by atoms with Crippen molar-refractivity contribution in [3.63, 3.8) is 0 Å². The van der Waals surface area contributed by atoms with Gasteiger partial charge < -0.3 is 10.1 Å². The summed E-state index contributed by atoms with van der Waals surface area (Å²) in [5.41, 5.74) is 2.65. The Balaban J connectivity index is 2.15. The van der Waals surface area contributed by atoms with Gasteiger partial charge in [-0.25, -0.2) is 0 Å². The van der Waals surface area contributed by atoms with Gasteiger partial charge in [0.25, 0.3) is 0 Å². The Bertz CT molecular complexity index is 419. The molecule has 0 aliphatic carbocycles. The van der Waals surface area contributed by atoms with E-state index in [9.17, 15) is 0 Å². The van der Waals surface area contributed by atoms with Crippen LogP contribution in [0.15, 0.2) is 18.2 Å². The molecule has 1 aliphatic heterocycles. The molecule has 3 heteroatoms. The van der Waals surface area contributed by atoms with Crippen molar-refractivity contribution >= 4 is 0 Å². The van der Waals surface area contributed by atoms with Crippen molar-refractivity contribution in [2.24, 2.45) is 0 Å². The van der Waals surface area contributed by atoms with Crippen molar-refractivity contribution < 1.29 is 4.74 Å². The molecule has 1 N–H and O–H groups in total. The van der Waals surface area contributed by atoms with E-state index in [2.05, 4.69) is 35.3 Å². The molecule has 3 nitrogen and oxygen atoms in total. The number of nitrogens with zero attached hydrogens (tertiary/aromatic N) is 1. The average Bonchev–Trinajstić information content (AvgIpc) is 2.48. The van der Waals surface area contributed by atoms with Crippen LogP contribution < -0.4 is 10.1 Å². The normalized spacial score (nSPS) is 20.1. The third-order valence-corrected chi connectivity index (χ3v) is 4.32. The van der Waals surface area contributed by atoms with Crippen LogP contribution in [0, 0.1) is 0 Å². The molecule has 20 heavy (non-hydrogen) atoms. The molecule has 0 aromatic heterocycles. The lowest BCUT2D eigenvalue weighted by Gasteiger charge is -2.35. The predicted octanol–water partition coefficient (Wildman–Crippen LogP) is 3.18. The van der Waals surface area contributed by atoms with E-state index >= 15 is 0 Å². The first-order valence-electron chi connectivity index (χ1n) is 7.83. The third-order valence-electron chi connectivity index (χ3n) is 4.32. The molecule has 1 atom stereocenters. The van der Waals surface area contributed by atoms with Gasteiger partial charge >= 0.3 is 0 Å². The second kappa shape index (κ2) is 7.65. The number of hydrogen-bond donors (Lipinski definition) is 1. The first kappa shape index (κ1) is 15.3. The summed E-state index contributed by atoms with van der Waals surface area (Å²) >= 11 is 0. The van der Waals surface area contributed by atoms with Crippen LogP contribution in [0.5, 0.6) is 5.75 Å². The Hall–Kier alpha value is -1.06. The molecule has 0 amide bonds. The van der Waals surface area contributed by atoms with Crippen LogP contribution in [0.25, 0.3) is 0 Å². The Labute approximate surface area is 123 Å². The summed E-state index contributed by atoms with van der Waals surface area (Å²) in [6, 6.07) is 7.28. The zero-order valence-electron chi connectivity index (χ0n) is 13.1. The van der Waals surface area contributed by atoms with E-state index < -0.39 is 0 Å². The van der Waals surface area contributed by atoms with Crippen LogP contribution in [0.4, 0.5) is 0 Å². The minimum atomic E-state index is 0.737. The van der Waals surface area contributed by atoms with Gasteiger partial charge in [-0.2, -0.15) is 0 Å². The van der Waals surface area contributed by atoms with E-state index in [1.54, 1.807) is 7.11 Å². The van der Waals surface area contributed by atoms with Gasteiger partial charge in [-0.1, -0.05) is 19.4 Å². The second-order valence-corrected chi connectivity index (χ2v) is 5.70. The molecule has 0 spiro atoms. The molecule has 2 rings (SSSR count). The van der Waals surface area contributed by atoms with Crippen molar-refractivity contribution in [3.05, 3.63) is 29.3 Å². The number of methoxy groups -OCH3 is 1. The lowest BCUT2D eigenvalue weighted by molar-refractivity contribution is 0.135. The van der Waals surface area contributed by atoms with Gasteiger partial charge in [0.05, 0.1) is 7.11 Å². The zero-order chi connectivity index (χ0) is 14.4. The second-order valence-electron chi connectivity index (χ2n) is 5.70. The van der Waals surface area contributed by atoms with Crippen LogP contribution >= 0.6 is 0 Å². The Morgan fingerprint density at radius 3 is 2.90 bits per heavy atom. The van der Waals surface area contributed by atoms with E-state index in [1.807, 2.05) is 7.05 Å². The Kier molecular flexibility index (Phi) is 5.86. The van der Waals surface area contributed by atoms with E-state index in [0.717, 1.165) is 24.9 Å².